The Balaban J connectivity index is 0.00000300. The number of guanidine groups is 1. The number of rotatable bonds is 8. The monoisotopic (exact) mass is 507 g/mol. The molecule has 7 nitrogen and oxygen atoms in total. The molecule has 0 unspecified atom stereocenters. The second-order valence-electron chi connectivity index (χ2n) is 6.72. The van der Waals surface area contributed by atoms with Gasteiger partial charge in [-0.2, -0.15) is 5.10 Å². The molecule has 156 valence electrons. The minimum Gasteiger partial charge on any atom is -0.357 e. The molecule has 3 aromatic rings. The molecule has 0 aliphatic heterocycles. The van der Waals surface area contributed by atoms with Crippen LogP contribution in [0.15, 0.2) is 54.0 Å². The molecule has 0 spiro atoms. The van der Waals surface area contributed by atoms with Gasteiger partial charge in [-0.25, -0.2) is 9.98 Å². The number of aromatic nitrogens is 4. The van der Waals surface area contributed by atoms with Crippen LogP contribution >= 0.6 is 24.0 Å². The van der Waals surface area contributed by atoms with Gasteiger partial charge in [-0.3, -0.25) is 4.68 Å². The van der Waals surface area contributed by atoms with Crippen LogP contribution in [0, 0.1) is 13.8 Å². The van der Waals surface area contributed by atoms with Crippen molar-refractivity contribution in [2.24, 2.45) is 4.99 Å². The number of para-hydroxylation sites is 1. The van der Waals surface area contributed by atoms with E-state index in [0.29, 0.717) is 6.54 Å². The molecule has 0 saturated carbocycles. The molecule has 0 radical (unpaired) electrons. The lowest BCUT2D eigenvalue weighted by molar-refractivity contribution is 0.555. The molecule has 2 N–H and O–H groups in total. The first kappa shape index (κ1) is 22.9. The van der Waals surface area contributed by atoms with Crippen LogP contribution in [-0.4, -0.2) is 38.4 Å². The van der Waals surface area contributed by atoms with Crippen molar-refractivity contribution in [3.8, 4) is 5.69 Å². The summed E-state index contributed by atoms with van der Waals surface area (Å²) < 4.78 is 4.07. The summed E-state index contributed by atoms with van der Waals surface area (Å²) in [6, 6.07) is 10.4. The number of halogens is 1. The molecule has 1 aromatic carbocycles. The molecule has 0 saturated heterocycles. The van der Waals surface area contributed by atoms with E-state index in [1.807, 2.05) is 36.1 Å². The number of aryl methyl sites for hydroxylation is 3. The van der Waals surface area contributed by atoms with Gasteiger partial charge in [0.15, 0.2) is 5.96 Å². The second-order valence-corrected chi connectivity index (χ2v) is 6.72. The Labute approximate surface area is 189 Å². The third-order valence-corrected chi connectivity index (χ3v) is 4.47. The van der Waals surface area contributed by atoms with E-state index >= 15 is 0 Å². The highest BCUT2D eigenvalue weighted by atomic mass is 127. The van der Waals surface area contributed by atoms with Crippen molar-refractivity contribution in [1.29, 1.82) is 0 Å². The lowest BCUT2D eigenvalue weighted by Gasteiger charge is -2.13. The van der Waals surface area contributed by atoms with E-state index in [1.54, 1.807) is 6.20 Å². The van der Waals surface area contributed by atoms with Gasteiger partial charge in [0.05, 0.1) is 24.3 Å². The molecule has 3 rings (SSSR count). The van der Waals surface area contributed by atoms with Crippen molar-refractivity contribution in [1.82, 2.24) is 30.0 Å². The van der Waals surface area contributed by atoms with E-state index in [4.69, 9.17) is 4.99 Å². The largest absolute Gasteiger partial charge is 0.357 e. The van der Waals surface area contributed by atoms with E-state index in [0.717, 1.165) is 49.0 Å². The Bertz CT molecular complexity index is 900. The lowest BCUT2D eigenvalue weighted by Crippen LogP contribution is -2.38. The SMILES string of the molecule is CCNC(=NCc1ccccc1-n1ccnc1)NCCCn1nc(C)cc1C.I. The van der Waals surface area contributed by atoms with Crippen LogP contribution in [0.4, 0.5) is 0 Å². The van der Waals surface area contributed by atoms with Crippen molar-refractivity contribution in [2.45, 2.75) is 40.3 Å². The molecule has 2 aromatic heterocycles. The van der Waals surface area contributed by atoms with Crippen LogP contribution in [0.2, 0.25) is 0 Å². The summed E-state index contributed by atoms with van der Waals surface area (Å²) in [5.74, 6) is 0.830. The van der Waals surface area contributed by atoms with E-state index in [1.165, 1.54) is 5.69 Å². The molecule has 0 atom stereocenters. The quantitative estimate of drug-likeness (QED) is 0.212. The van der Waals surface area contributed by atoms with Crippen LogP contribution in [0.1, 0.15) is 30.3 Å². The summed E-state index contributed by atoms with van der Waals surface area (Å²) in [6.07, 6.45) is 6.53. The normalized spacial score (nSPS) is 11.2. The van der Waals surface area contributed by atoms with Crippen molar-refractivity contribution in [3.05, 3.63) is 66.0 Å². The summed E-state index contributed by atoms with van der Waals surface area (Å²) >= 11 is 0. The van der Waals surface area contributed by atoms with Crippen LogP contribution in [0.5, 0.6) is 0 Å². The van der Waals surface area contributed by atoms with Crippen molar-refractivity contribution in [3.63, 3.8) is 0 Å². The number of hydrogen-bond acceptors (Lipinski definition) is 3. The van der Waals surface area contributed by atoms with Gasteiger partial charge in [-0.15, -0.1) is 24.0 Å². The minimum atomic E-state index is 0. The Morgan fingerprint density at radius 1 is 1.17 bits per heavy atom. The average molecular weight is 507 g/mol. The maximum absolute atomic E-state index is 4.76. The molecule has 0 aliphatic rings. The fourth-order valence-corrected chi connectivity index (χ4v) is 3.14. The fraction of sp³-hybridized carbons (Fsp3) is 0.381. The Kier molecular flexibility index (Phi) is 9.17. The molecule has 0 bridgehead atoms. The highest BCUT2D eigenvalue weighted by Gasteiger charge is 2.05. The van der Waals surface area contributed by atoms with Gasteiger partial charge >= 0.3 is 0 Å². The summed E-state index contributed by atoms with van der Waals surface area (Å²) in [4.78, 5) is 8.90. The molecule has 8 heteroatoms. The summed E-state index contributed by atoms with van der Waals surface area (Å²) in [5.41, 5.74) is 4.52. The van der Waals surface area contributed by atoms with E-state index in [9.17, 15) is 0 Å². The molecule has 0 fully saturated rings. The number of aliphatic imine (C=N–C) groups is 1. The Morgan fingerprint density at radius 2 is 2.00 bits per heavy atom. The molecular weight excluding hydrogens is 477 g/mol. The van der Waals surface area contributed by atoms with Gasteiger partial charge in [-0.05, 0) is 44.9 Å². The Morgan fingerprint density at radius 3 is 2.69 bits per heavy atom. The zero-order chi connectivity index (χ0) is 19.8. The maximum Gasteiger partial charge on any atom is 0.191 e. The molecule has 2 heterocycles. The molecular formula is C21H30IN7. The van der Waals surface area contributed by atoms with Crippen LogP contribution in [-0.2, 0) is 13.1 Å². The summed E-state index contributed by atoms with van der Waals surface area (Å²) in [6.45, 7) is 9.36. The second kappa shape index (κ2) is 11.6. The van der Waals surface area contributed by atoms with E-state index in [-0.39, 0.29) is 24.0 Å². The summed E-state index contributed by atoms with van der Waals surface area (Å²) in [7, 11) is 0. The smallest absolute Gasteiger partial charge is 0.191 e. The first-order valence-electron chi connectivity index (χ1n) is 9.77. The van der Waals surface area contributed by atoms with Crippen LogP contribution < -0.4 is 10.6 Å². The zero-order valence-corrected chi connectivity index (χ0v) is 19.6. The third-order valence-electron chi connectivity index (χ3n) is 4.47. The highest BCUT2D eigenvalue weighted by molar-refractivity contribution is 14.0. The topological polar surface area (TPSA) is 72.1 Å². The van der Waals surface area contributed by atoms with Crippen LogP contribution in [0.25, 0.3) is 5.69 Å². The average Bonchev–Trinajstić information content (AvgIpc) is 3.33. The van der Waals surface area contributed by atoms with Crippen LogP contribution in [0.3, 0.4) is 0 Å². The predicted octanol–water partition coefficient (Wildman–Crippen LogP) is 3.45. The molecule has 0 aliphatic carbocycles. The van der Waals surface area contributed by atoms with Gasteiger partial charge < -0.3 is 15.2 Å². The van der Waals surface area contributed by atoms with Gasteiger partial charge in [0.2, 0.25) is 0 Å². The molecule has 29 heavy (non-hydrogen) atoms. The van der Waals surface area contributed by atoms with Crippen molar-refractivity contribution in [2.75, 3.05) is 13.1 Å². The predicted molar refractivity (Wildman–Crippen MR) is 128 cm³/mol. The third kappa shape index (κ3) is 6.59. The number of imidazole rings is 1. The van der Waals surface area contributed by atoms with Gasteiger partial charge in [0.25, 0.3) is 0 Å². The Hall–Kier alpha value is -2.36. The lowest BCUT2D eigenvalue weighted by atomic mass is 10.2. The number of hydrogen-bond donors (Lipinski definition) is 2. The number of nitrogens with zero attached hydrogens (tertiary/aromatic N) is 5. The first-order valence-corrected chi connectivity index (χ1v) is 9.77. The van der Waals surface area contributed by atoms with E-state index in [2.05, 4.69) is 57.4 Å². The zero-order valence-electron chi connectivity index (χ0n) is 17.3. The summed E-state index contributed by atoms with van der Waals surface area (Å²) in [5, 5.41) is 11.2. The van der Waals surface area contributed by atoms with Gasteiger partial charge in [0, 0.05) is 37.7 Å². The minimum absolute atomic E-state index is 0. The van der Waals surface area contributed by atoms with Crippen molar-refractivity contribution >= 4 is 29.9 Å². The van der Waals surface area contributed by atoms with Crippen molar-refractivity contribution < 1.29 is 0 Å². The number of nitrogens with one attached hydrogen (secondary N) is 2. The first-order chi connectivity index (χ1) is 13.7. The van der Waals surface area contributed by atoms with Gasteiger partial charge in [0.1, 0.15) is 0 Å². The van der Waals surface area contributed by atoms with Gasteiger partial charge in [-0.1, -0.05) is 18.2 Å². The fourth-order valence-electron chi connectivity index (χ4n) is 3.14. The standard InChI is InChI=1S/C21H29N7.HI/c1-4-23-21(24-10-7-12-28-18(3)14-17(2)26-28)25-15-19-8-5-6-9-20(19)27-13-11-22-16-27;/h5-6,8-9,11,13-14,16H,4,7,10,12,15H2,1-3H3,(H2,23,24,25);1H. The van der Waals surface area contributed by atoms with E-state index < -0.39 is 0 Å². The number of benzene rings is 1. The molecule has 0 amide bonds. The highest BCUT2D eigenvalue weighted by Crippen LogP contribution is 2.15. The maximum atomic E-state index is 4.76.